The van der Waals surface area contributed by atoms with Crippen molar-refractivity contribution in [3.63, 3.8) is 0 Å². The second-order valence-electron chi connectivity index (χ2n) is 6.80. The summed E-state index contributed by atoms with van der Waals surface area (Å²) in [6, 6.07) is 9.85. The first kappa shape index (κ1) is 17.4. The lowest BCUT2D eigenvalue weighted by Crippen LogP contribution is -2.42. The van der Waals surface area contributed by atoms with Crippen LogP contribution in [-0.2, 0) is 17.4 Å². The molecular formula is C19H17F3N2OS. The van der Waals surface area contributed by atoms with Gasteiger partial charge in [0.05, 0.1) is 5.56 Å². The number of halogens is 3. The number of alkyl halides is 3. The van der Waals surface area contributed by atoms with Crippen LogP contribution in [0.4, 0.5) is 18.9 Å². The van der Waals surface area contributed by atoms with Gasteiger partial charge in [-0.15, -0.1) is 0 Å². The molecule has 4 rings (SSSR count). The summed E-state index contributed by atoms with van der Waals surface area (Å²) in [5, 5.41) is 2.73. The Morgan fingerprint density at radius 2 is 1.88 bits per heavy atom. The molecule has 1 saturated carbocycles. The number of nitrogens with one attached hydrogen (secondary N) is 1. The average molecular weight is 378 g/mol. The summed E-state index contributed by atoms with van der Waals surface area (Å²) >= 11 is 1.31. The Hall–Kier alpha value is -1.99. The van der Waals surface area contributed by atoms with Gasteiger partial charge in [-0.2, -0.15) is 13.2 Å². The SMILES string of the molecule is NC1CC(C(=O)Nc2cc(C(F)(F)F)cc3c2Cc2ccccc2S3)C1. The molecule has 0 radical (unpaired) electrons. The molecule has 0 atom stereocenters. The fourth-order valence-electron chi connectivity index (χ4n) is 3.36. The van der Waals surface area contributed by atoms with Crippen LogP contribution < -0.4 is 11.1 Å². The molecule has 1 amide bonds. The Morgan fingerprint density at radius 3 is 2.58 bits per heavy atom. The zero-order valence-electron chi connectivity index (χ0n) is 13.8. The molecule has 2 aromatic carbocycles. The van der Waals surface area contributed by atoms with Crippen molar-refractivity contribution in [2.24, 2.45) is 11.7 Å². The fourth-order valence-corrected chi connectivity index (χ4v) is 4.51. The molecule has 0 bridgehead atoms. The van der Waals surface area contributed by atoms with Gasteiger partial charge in [0.1, 0.15) is 0 Å². The Labute approximate surface area is 153 Å². The summed E-state index contributed by atoms with van der Waals surface area (Å²) in [6.45, 7) is 0. The number of carbonyl (C=O) groups excluding carboxylic acids is 1. The number of benzene rings is 2. The van der Waals surface area contributed by atoms with Crippen LogP contribution in [0.1, 0.15) is 29.5 Å². The summed E-state index contributed by atoms with van der Waals surface area (Å²) in [5.74, 6) is -0.476. The zero-order chi connectivity index (χ0) is 18.5. The number of nitrogens with two attached hydrogens (primary N) is 1. The second-order valence-corrected chi connectivity index (χ2v) is 7.89. The van der Waals surface area contributed by atoms with E-state index >= 15 is 0 Å². The number of fused-ring (bicyclic) bond motifs is 2. The summed E-state index contributed by atoms with van der Waals surface area (Å²) in [5.41, 5.74) is 7.00. The minimum absolute atomic E-state index is 0.00334. The lowest BCUT2D eigenvalue weighted by atomic mass is 9.80. The second kappa shape index (κ2) is 6.32. The molecular weight excluding hydrogens is 361 g/mol. The van der Waals surface area contributed by atoms with Crippen LogP contribution >= 0.6 is 11.8 Å². The van der Waals surface area contributed by atoms with Crippen molar-refractivity contribution in [1.29, 1.82) is 0 Å². The third-order valence-corrected chi connectivity index (χ3v) is 6.10. The monoisotopic (exact) mass is 378 g/mol. The highest BCUT2D eigenvalue weighted by Gasteiger charge is 2.35. The molecule has 26 heavy (non-hydrogen) atoms. The molecule has 0 saturated heterocycles. The number of hydrogen-bond donors (Lipinski definition) is 2. The Balaban J connectivity index is 1.71. The van der Waals surface area contributed by atoms with Crippen molar-refractivity contribution in [1.82, 2.24) is 0 Å². The van der Waals surface area contributed by atoms with Gasteiger partial charge in [-0.25, -0.2) is 0 Å². The highest BCUT2D eigenvalue weighted by atomic mass is 32.2. The van der Waals surface area contributed by atoms with E-state index in [-0.39, 0.29) is 23.6 Å². The Bertz CT molecular complexity index is 876. The maximum absolute atomic E-state index is 13.3. The van der Waals surface area contributed by atoms with Gasteiger partial charge in [-0.1, -0.05) is 30.0 Å². The quantitative estimate of drug-likeness (QED) is 0.693. The van der Waals surface area contributed by atoms with E-state index in [9.17, 15) is 18.0 Å². The predicted octanol–water partition coefficient (Wildman–Crippen LogP) is 4.44. The van der Waals surface area contributed by atoms with Gasteiger partial charge < -0.3 is 11.1 Å². The van der Waals surface area contributed by atoms with Gasteiger partial charge in [0.25, 0.3) is 0 Å². The van der Waals surface area contributed by atoms with E-state index in [1.54, 1.807) is 0 Å². The molecule has 1 fully saturated rings. The first-order chi connectivity index (χ1) is 12.3. The van der Waals surface area contributed by atoms with E-state index < -0.39 is 11.7 Å². The molecule has 2 aromatic rings. The normalized spacial score (nSPS) is 21.4. The Kier molecular flexibility index (Phi) is 4.23. The molecule has 3 nitrogen and oxygen atoms in total. The van der Waals surface area contributed by atoms with Crippen LogP contribution in [0, 0.1) is 5.92 Å². The molecule has 0 aromatic heterocycles. The standard InChI is InChI=1S/C19H17F3N2OS/c20-19(21,22)12-8-15(24-18(25)11-5-13(23)6-11)14-7-10-3-1-2-4-16(10)26-17(14)9-12/h1-4,8-9,11,13H,5-7,23H2,(H,24,25). The summed E-state index contributed by atoms with van der Waals surface area (Å²) in [6.07, 6.45) is -2.82. The van der Waals surface area contributed by atoms with E-state index in [1.807, 2.05) is 24.3 Å². The fraction of sp³-hybridized carbons (Fsp3) is 0.316. The predicted molar refractivity (Wildman–Crippen MR) is 94.1 cm³/mol. The van der Waals surface area contributed by atoms with Crippen LogP contribution in [0.3, 0.4) is 0 Å². The van der Waals surface area contributed by atoms with Gasteiger partial charge >= 0.3 is 6.18 Å². The number of anilines is 1. The smallest absolute Gasteiger partial charge is 0.328 e. The van der Waals surface area contributed by atoms with E-state index in [0.717, 1.165) is 22.1 Å². The summed E-state index contributed by atoms with van der Waals surface area (Å²) in [7, 11) is 0. The van der Waals surface area contributed by atoms with Gasteiger partial charge in [-0.05, 0) is 42.2 Å². The van der Waals surface area contributed by atoms with Crippen molar-refractivity contribution in [3.8, 4) is 0 Å². The minimum Gasteiger partial charge on any atom is -0.328 e. The van der Waals surface area contributed by atoms with E-state index in [4.69, 9.17) is 5.73 Å². The number of hydrogen-bond acceptors (Lipinski definition) is 3. The lowest BCUT2D eigenvalue weighted by Gasteiger charge is -2.32. The van der Waals surface area contributed by atoms with Crippen molar-refractivity contribution < 1.29 is 18.0 Å². The molecule has 1 aliphatic carbocycles. The molecule has 0 spiro atoms. The van der Waals surface area contributed by atoms with Crippen LogP contribution in [-0.4, -0.2) is 11.9 Å². The van der Waals surface area contributed by atoms with Gasteiger partial charge in [-0.3, -0.25) is 4.79 Å². The summed E-state index contributed by atoms with van der Waals surface area (Å²) in [4.78, 5) is 13.9. The van der Waals surface area contributed by atoms with E-state index in [0.29, 0.717) is 24.2 Å². The average Bonchev–Trinajstić information content (AvgIpc) is 2.56. The molecule has 3 N–H and O–H groups in total. The van der Waals surface area contributed by atoms with Gasteiger partial charge in [0, 0.05) is 33.9 Å². The summed E-state index contributed by atoms with van der Waals surface area (Å²) < 4.78 is 40.0. The van der Waals surface area contributed by atoms with Crippen LogP contribution in [0.15, 0.2) is 46.2 Å². The van der Waals surface area contributed by atoms with Crippen LogP contribution in [0.2, 0.25) is 0 Å². The van der Waals surface area contributed by atoms with E-state index in [2.05, 4.69) is 5.32 Å². The molecule has 136 valence electrons. The topological polar surface area (TPSA) is 55.1 Å². The first-order valence-corrected chi connectivity index (χ1v) is 9.19. The zero-order valence-corrected chi connectivity index (χ0v) is 14.6. The van der Waals surface area contributed by atoms with Gasteiger partial charge in [0.2, 0.25) is 5.91 Å². The molecule has 7 heteroatoms. The van der Waals surface area contributed by atoms with Crippen LogP contribution in [0.25, 0.3) is 0 Å². The molecule has 1 heterocycles. The minimum atomic E-state index is -4.47. The molecule has 2 aliphatic rings. The first-order valence-electron chi connectivity index (χ1n) is 8.37. The lowest BCUT2D eigenvalue weighted by molar-refractivity contribution is -0.137. The number of carbonyl (C=O) groups is 1. The van der Waals surface area contributed by atoms with Crippen LogP contribution in [0.5, 0.6) is 0 Å². The van der Waals surface area contributed by atoms with Crippen molar-refractivity contribution in [3.05, 3.63) is 53.1 Å². The highest BCUT2D eigenvalue weighted by Crippen LogP contribution is 2.45. The van der Waals surface area contributed by atoms with Crippen molar-refractivity contribution in [2.45, 2.75) is 41.3 Å². The number of amides is 1. The largest absolute Gasteiger partial charge is 0.416 e. The van der Waals surface area contributed by atoms with E-state index in [1.165, 1.54) is 17.8 Å². The number of rotatable bonds is 2. The third-order valence-electron chi connectivity index (χ3n) is 4.90. The highest BCUT2D eigenvalue weighted by molar-refractivity contribution is 7.99. The molecule has 0 unspecified atom stereocenters. The molecule has 1 aliphatic heterocycles. The van der Waals surface area contributed by atoms with Crippen molar-refractivity contribution in [2.75, 3.05) is 5.32 Å². The third kappa shape index (κ3) is 3.21. The maximum Gasteiger partial charge on any atom is 0.416 e. The van der Waals surface area contributed by atoms with Gasteiger partial charge in [0.15, 0.2) is 0 Å². The van der Waals surface area contributed by atoms with Crippen molar-refractivity contribution >= 4 is 23.4 Å². The maximum atomic E-state index is 13.3. The Morgan fingerprint density at radius 1 is 1.15 bits per heavy atom.